The van der Waals surface area contributed by atoms with Crippen LogP contribution in [-0.2, 0) is 28.6 Å². The average molecular weight is 681 g/mol. The zero-order valence-corrected chi connectivity index (χ0v) is 32.4. The molecule has 1 atom stereocenters. The smallest absolute Gasteiger partial charge is 0.306 e. The Balaban J connectivity index is 4.21. The Labute approximate surface area is 298 Å². The number of unbranched alkanes of at least 4 members (excludes halogenated alkanes) is 24. The zero-order valence-electron chi connectivity index (χ0n) is 32.4. The van der Waals surface area contributed by atoms with Gasteiger partial charge in [0.1, 0.15) is 13.2 Å². The first kappa shape index (κ1) is 46.4. The summed E-state index contributed by atoms with van der Waals surface area (Å²) in [5, 5.41) is 0. The Bertz CT molecular complexity index is 721. The Hall–Kier alpha value is -1.59. The van der Waals surface area contributed by atoms with Gasteiger partial charge in [0.05, 0.1) is 0 Å². The molecule has 0 unspecified atom stereocenters. The molecule has 0 radical (unpaired) electrons. The summed E-state index contributed by atoms with van der Waals surface area (Å²) in [5.41, 5.74) is 0. The van der Waals surface area contributed by atoms with Gasteiger partial charge in [0, 0.05) is 19.3 Å². The van der Waals surface area contributed by atoms with Gasteiger partial charge in [-0.15, -0.1) is 0 Å². The largest absolute Gasteiger partial charge is 0.462 e. The molecule has 0 aromatic rings. The molecule has 0 bridgehead atoms. The van der Waals surface area contributed by atoms with E-state index in [0.717, 1.165) is 70.1 Å². The summed E-state index contributed by atoms with van der Waals surface area (Å²) < 4.78 is 16.5. The summed E-state index contributed by atoms with van der Waals surface area (Å²) in [6.07, 6.45) is 34.1. The fraction of sp³-hybridized carbons (Fsp3) is 0.929. The van der Waals surface area contributed by atoms with Gasteiger partial charge in [0.25, 0.3) is 0 Å². The maximum Gasteiger partial charge on any atom is 0.306 e. The molecule has 0 N–H and O–H groups in total. The molecule has 0 aliphatic carbocycles. The number of carbonyl (C=O) groups excluding carboxylic acids is 3. The molecule has 0 aliphatic heterocycles. The van der Waals surface area contributed by atoms with Crippen molar-refractivity contribution in [3.63, 3.8) is 0 Å². The van der Waals surface area contributed by atoms with Gasteiger partial charge in [-0.25, -0.2) is 0 Å². The van der Waals surface area contributed by atoms with Crippen LogP contribution < -0.4 is 0 Å². The lowest BCUT2D eigenvalue weighted by atomic mass is 10.0. The molecule has 0 aliphatic rings. The second-order valence-corrected chi connectivity index (χ2v) is 14.7. The van der Waals surface area contributed by atoms with Crippen LogP contribution in [0.5, 0.6) is 0 Å². The lowest BCUT2D eigenvalue weighted by Gasteiger charge is -2.18. The highest BCUT2D eigenvalue weighted by Gasteiger charge is 2.19. The third-order valence-corrected chi connectivity index (χ3v) is 9.29. The molecular formula is C42H80O6. The molecule has 0 saturated heterocycles. The van der Waals surface area contributed by atoms with Crippen LogP contribution in [0.1, 0.15) is 227 Å². The minimum atomic E-state index is -0.757. The molecule has 0 amide bonds. The van der Waals surface area contributed by atoms with E-state index >= 15 is 0 Å². The summed E-state index contributed by atoms with van der Waals surface area (Å²) in [6.45, 7) is 8.85. The van der Waals surface area contributed by atoms with Crippen LogP contribution >= 0.6 is 0 Å². The first-order chi connectivity index (χ1) is 23.4. The fourth-order valence-corrected chi connectivity index (χ4v) is 6.10. The fourth-order valence-electron chi connectivity index (χ4n) is 6.10. The average Bonchev–Trinajstić information content (AvgIpc) is 3.06. The number of esters is 3. The van der Waals surface area contributed by atoms with Gasteiger partial charge in [-0.05, 0) is 25.2 Å². The van der Waals surface area contributed by atoms with Gasteiger partial charge in [-0.3, -0.25) is 14.4 Å². The van der Waals surface area contributed by atoms with E-state index in [0.29, 0.717) is 19.3 Å². The maximum absolute atomic E-state index is 12.6. The van der Waals surface area contributed by atoms with Crippen molar-refractivity contribution >= 4 is 17.9 Å². The van der Waals surface area contributed by atoms with Crippen molar-refractivity contribution < 1.29 is 28.6 Å². The summed E-state index contributed by atoms with van der Waals surface area (Å²) in [7, 11) is 0. The highest BCUT2D eigenvalue weighted by Crippen LogP contribution is 2.15. The first-order valence-corrected chi connectivity index (χ1v) is 20.9. The van der Waals surface area contributed by atoms with E-state index in [9.17, 15) is 14.4 Å². The van der Waals surface area contributed by atoms with Gasteiger partial charge in [0.2, 0.25) is 0 Å². The van der Waals surface area contributed by atoms with Gasteiger partial charge < -0.3 is 14.2 Å². The van der Waals surface area contributed by atoms with Crippen molar-refractivity contribution in [1.29, 1.82) is 0 Å². The van der Waals surface area contributed by atoms with E-state index in [2.05, 4.69) is 27.7 Å². The lowest BCUT2D eigenvalue weighted by Crippen LogP contribution is -2.30. The number of rotatable bonds is 37. The molecule has 6 heteroatoms. The normalized spacial score (nSPS) is 11.9. The van der Waals surface area contributed by atoms with Gasteiger partial charge >= 0.3 is 17.9 Å². The monoisotopic (exact) mass is 681 g/mol. The lowest BCUT2D eigenvalue weighted by molar-refractivity contribution is -0.167. The summed E-state index contributed by atoms with van der Waals surface area (Å²) >= 11 is 0. The standard InChI is InChI=1S/C42H80O6/c1-5-7-9-11-12-13-14-15-16-17-18-19-22-27-31-35-42(45)48-39(36-46-40(43)33-29-24-10-8-6-2)37-47-41(44)34-30-26-23-20-21-25-28-32-38(3)4/h38-39H,5-37H2,1-4H3/t39-/m0/s1. The summed E-state index contributed by atoms with van der Waals surface area (Å²) in [4.78, 5) is 37.3. The Morgan fingerprint density at radius 1 is 0.396 bits per heavy atom. The third-order valence-electron chi connectivity index (χ3n) is 9.29. The number of hydrogen-bond acceptors (Lipinski definition) is 6. The highest BCUT2D eigenvalue weighted by molar-refractivity contribution is 5.71. The zero-order chi connectivity index (χ0) is 35.3. The van der Waals surface area contributed by atoms with E-state index in [1.165, 1.54) is 116 Å². The molecule has 284 valence electrons. The predicted molar refractivity (Wildman–Crippen MR) is 201 cm³/mol. The van der Waals surface area contributed by atoms with Gasteiger partial charge in [-0.2, -0.15) is 0 Å². The molecule has 0 aromatic heterocycles. The molecule has 0 heterocycles. The van der Waals surface area contributed by atoms with Crippen LogP contribution in [0, 0.1) is 5.92 Å². The van der Waals surface area contributed by atoms with Crippen molar-refractivity contribution in [2.24, 2.45) is 5.92 Å². The van der Waals surface area contributed by atoms with Crippen molar-refractivity contribution in [2.45, 2.75) is 233 Å². The number of carbonyl (C=O) groups is 3. The van der Waals surface area contributed by atoms with E-state index in [4.69, 9.17) is 14.2 Å². The van der Waals surface area contributed by atoms with Crippen LogP contribution in [0.15, 0.2) is 0 Å². The first-order valence-electron chi connectivity index (χ1n) is 20.9. The van der Waals surface area contributed by atoms with Crippen molar-refractivity contribution in [3.05, 3.63) is 0 Å². The molecule has 0 spiro atoms. The minimum Gasteiger partial charge on any atom is -0.462 e. The van der Waals surface area contributed by atoms with Crippen LogP contribution in [-0.4, -0.2) is 37.2 Å². The van der Waals surface area contributed by atoms with E-state index < -0.39 is 6.10 Å². The quantitative estimate of drug-likeness (QED) is 0.0369. The molecule has 0 fully saturated rings. The van der Waals surface area contributed by atoms with Gasteiger partial charge in [0.15, 0.2) is 6.10 Å². The number of ether oxygens (including phenoxy) is 3. The van der Waals surface area contributed by atoms with E-state index in [-0.39, 0.29) is 31.1 Å². The SMILES string of the molecule is CCCCCCCCCCCCCCCCCC(=O)O[C@@H](COC(=O)CCCCCCC)COC(=O)CCCCCCCCCC(C)C. The van der Waals surface area contributed by atoms with E-state index in [1.54, 1.807) is 0 Å². The Morgan fingerprint density at radius 2 is 0.688 bits per heavy atom. The second-order valence-electron chi connectivity index (χ2n) is 14.7. The van der Waals surface area contributed by atoms with Crippen LogP contribution in [0.2, 0.25) is 0 Å². The molecular weight excluding hydrogens is 600 g/mol. The minimum absolute atomic E-state index is 0.0664. The summed E-state index contributed by atoms with van der Waals surface area (Å²) in [6, 6.07) is 0. The summed E-state index contributed by atoms with van der Waals surface area (Å²) in [5.74, 6) is -0.0943. The maximum atomic E-state index is 12.6. The van der Waals surface area contributed by atoms with Crippen LogP contribution in [0.3, 0.4) is 0 Å². The molecule has 0 saturated carbocycles. The number of hydrogen-bond donors (Lipinski definition) is 0. The molecule has 48 heavy (non-hydrogen) atoms. The van der Waals surface area contributed by atoms with Crippen molar-refractivity contribution in [3.8, 4) is 0 Å². The molecule has 6 nitrogen and oxygen atoms in total. The molecule has 0 rings (SSSR count). The second kappa shape index (κ2) is 36.7. The van der Waals surface area contributed by atoms with Crippen LogP contribution in [0.25, 0.3) is 0 Å². The Morgan fingerprint density at radius 3 is 1.02 bits per heavy atom. The van der Waals surface area contributed by atoms with Crippen molar-refractivity contribution in [1.82, 2.24) is 0 Å². The third kappa shape index (κ3) is 35.7. The Kier molecular flexibility index (Phi) is 35.5. The highest BCUT2D eigenvalue weighted by atomic mass is 16.6. The van der Waals surface area contributed by atoms with Crippen LogP contribution in [0.4, 0.5) is 0 Å². The van der Waals surface area contributed by atoms with Crippen molar-refractivity contribution in [2.75, 3.05) is 13.2 Å². The molecule has 0 aromatic carbocycles. The predicted octanol–water partition coefficient (Wildman–Crippen LogP) is 12.8. The van der Waals surface area contributed by atoms with Gasteiger partial charge in [-0.1, -0.05) is 188 Å². The van der Waals surface area contributed by atoms with E-state index in [1.807, 2.05) is 0 Å². The topological polar surface area (TPSA) is 78.9 Å².